The quantitative estimate of drug-likeness (QED) is 0.427. The zero-order chi connectivity index (χ0) is 18.5. The summed E-state index contributed by atoms with van der Waals surface area (Å²) in [7, 11) is 2.13. The van der Waals surface area contributed by atoms with Crippen molar-refractivity contribution in [2.24, 2.45) is 7.05 Å². The molecule has 3 heteroatoms. The van der Waals surface area contributed by atoms with E-state index in [9.17, 15) is 0 Å². The van der Waals surface area contributed by atoms with Crippen LogP contribution in [0.1, 0.15) is 22.5 Å². The summed E-state index contributed by atoms with van der Waals surface area (Å²) in [5, 5.41) is 0. The molecule has 1 aliphatic rings. The van der Waals surface area contributed by atoms with Gasteiger partial charge in [-0.15, -0.1) is 0 Å². The van der Waals surface area contributed by atoms with Crippen molar-refractivity contribution < 1.29 is 4.57 Å². The van der Waals surface area contributed by atoms with E-state index < -0.39 is 0 Å². The summed E-state index contributed by atoms with van der Waals surface area (Å²) in [5.41, 5.74) is 10.3. The van der Waals surface area contributed by atoms with Crippen LogP contribution in [0.5, 0.6) is 0 Å². The van der Waals surface area contributed by atoms with Gasteiger partial charge in [-0.2, -0.15) is 0 Å². The third-order valence-electron chi connectivity index (χ3n) is 5.59. The second kappa shape index (κ2) is 5.92. The van der Waals surface area contributed by atoms with E-state index >= 15 is 0 Å². The van der Waals surface area contributed by atoms with Crippen LogP contribution >= 0.6 is 0 Å². The molecule has 0 spiro atoms. The van der Waals surface area contributed by atoms with Gasteiger partial charge in [-0.25, -0.2) is 9.55 Å². The third kappa shape index (κ3) is 2.50. The third-order valence-corrected chi connectivity index (χ3v) is 5.59. The number of fused-ring (bicyclic) bond motifs is 3. The van der Waals surface area contributed by atoms with E-state index in [-0.39, 0.29) is 0 Å². The lowest BCUT2D eigenvalue weighted by Crippen LogP contribution is -2.31. The van der Waals surface area contributed by atoms with E-state index in [1.165, 1.54) is 44.8 Å². The van der Waals surface area contributed by atoms with Crippen LogP contribution in [0.25, 0.3) is 28.1 Å². The number of imidazole rings is 1. The number of aromatic nitrogens is 3. The number of nitrogens with zero attached hydrogens (tertiary/aromatic N) is 3. The first kappa shape index (κ1) is 16.0. The standard InChI is InChI=1S/C24H22N3/c1-16-11-22-19(13-24-25-9-10-27(22)24)12-21(16)23-14-20(17(2)15-26(23)3)18-7-5-4-6-8-18/h4-12,14-15H,13H2,1-3H3/q+1. The molecule has 1 aliphatic heterocycles. The van der Waals surface area contributed by atoms with Crippen molar-refractivity contribution in [2.45, 2.75) is 20.3 Å². The molecular formula is C24H22N3+. The summed E-state index contributed by atoms with van der Waals surface area (Å²) in [5.74, 6) is 1.12. The molecule has 0 unspecified atom stereocenters. The molecule has 0 saturated heterocycles. The van der Waals surface area contributed by atoms with Crippen molar-refractivity contribution in [3.05, 3.63) is 89.6 Å². The maximum absolute atomic E-state index is 4.48. The van der Waals surface area contributed by atoms with Crippen LogP contribution in [0.2, 0.25) is 0 Å². The average molecular weight is 352 g/mol. The highest BCUT2D eigenvalue weighted by atomic mass is 15.1. The zero-order valence-corrected chi connectivity index (χ0v) is 15.9. The highest BCUT2D eigenvalue weighted by Gasteiger charge is 2.23. The largest absolute Gasteiger partial charge is 0.303 e. The van der Waals surface area contributed by atoms with Gasteiger partial charge in [0.05, 0.1) is 5.69 Å². The number of rotatable bonds is 2. The van der Waals surface area contributed by atoms with Crippen molar-refractivity contribution in [3.63, 3.8) is 0 Å². The minimum absolute atomic E-state index is 0.900. The van der Waals surface area contributed by atoms with Crippen LogP contribution in [0.3, 0.4) is 0 Å². The Morgan fingerprint density at radius 3 is 2.59 bits per heavy atom. The summed E-state index contributed by atoms with van der Waals surface area (Å²) in [6.07, 6.45) is 7.07. The molecule has 5 rings (SSSR count). The van der Waals surface area contributed by atoms with E-state index in [1.54, 1.807) is 0 Å². The zero-order valence-electron chi connectivity index (χ0n) is 15.9. The molecule has 2 aromatic heterocycles. The molecule has 0 saturated carbocycles. The fourth-order valence-corrected chi connectivity index (χ4v) is 4.21. The van der Waals surface area contributed by atoms with Crippen molar-refractivity contribution in [3.8, 4) is 28.1 Å². The van der Waals surface area contributed by atoms with Crippen molar-refractivity contribution in [2.75, 3.05) is 0 Å². The van der Waals surface area contributed by atoms with E-state index in [1.807, 2.05) is 6.20 Å². The molecule has 0 aliphatic carbocycles. The molecule has 2 aromatic carbocycles. The Balaban J connectivity index is 1.68. The topological polar surface area (TPSA) is 21.7 Å². The molecule has 27 heavy (non-hydrogen) atoms. The predicted octanol–water partition coefficient (Wildman–Crippen LogP) is 4.55. The molecule has 0 fully saturated rings. The number of hydrogen-bond donors (Lipinski definition) is 0. The van der Waals surface area contributed by atoms with E-state index in [0.29, 0.717) is 0 Å². The maximum atomic E-state index is 4.48. The first-order valence-electron chi connectivity index (χ1n) is 9.34. The summed E-state index contributed by atoms with van der Waals surface area (Å²) in [4.78, 5) is 4.48. The van der Waals surface area contributed by atoms with Crippen LogP contribution in [0, 0.1) is 13.8 Å². The SMILES string of the molecule is Cc1c[n+](C)c(-c2cc3c(cc2C)-n2ccnc2C3)cc1-c1ccccc1. The molecule has 0 amide bonds. The molecule has 0 bridgehead atoms. The minimum atomic E-state index is 0.900. The summed E-state index contributed by atoms with van der Waals surface area (Å²) in [6, 6.07) is 17.6. The Morgan fingerprint density at radius 2 is 1.78 bits per heavy atom. The summed E-state index contributed by atoms with van der Waals surface area (Å²) < 4.78 is 4.45. The van der Waals surface area contributed by atoms with Gasteiger partial charge in [0.15, 0.2) is 6.20 Å². The van der Waals surface area contributed by atoms with E-state index in [0.717, 1.165) is 12.2 Å². The molecule has 0 atom stereocenters. The Labute approximate surface area is 159 Å². The normalized spacial score (nSPS) is 12.1. The molecule has 0 radical (unpaired) electrons. The molecule has 3 heterocycles. The van der Waals surface area contributed by atoms with Gasteiger partial charge in [-0.1, -0.05) is 30.3 Å². The lowest BCUT2D eigenvalue weighted by atomic mass is 9.95. The van der Waals surface area contributed by atoms with Gasteiger partial charge in [0, 0.05) is 36.0 Å². The van der Waals surface area contributed by atoms with Crippen molar-refractivity contribution in [1.29, 1.82) is 0 Å². The Kier molecular flexibility index (Phi) is 3.51. The molecule has 4 aromatic rings. The Morgan fingerprint density at radius 1 is 0.963 bits per heavy atom. The second-order valence-corrected chi connectivity index (χ2v) is 7.42. The Hall–Kier alpha value is -3.20. The van der Waals surface area contributed by atoms with Crippen molar-refractivity contribution >= 4 is 0 Å². The van der Waals surface area contributed by atoms with Gasteiger partial charge in [-0.3, -0.25) is 0 Å². The fourth-order valence-electron chi connectivity index (χ4n) is 4.21. The van der Waals surface area contributed by atoms with E-state index in [2.05, 4.69) is 95.9 Å². The number of benzene rings is 2. The predicted molar refractivity (Wildman–Crippen MR) is 108 cm³/mol. The lowest BCUT2D eigenvalue weighted by molar-refractivity contribution is -0.660. The smallest absolute Gasteiger partial charge is 0.213 e. The number of pyridine rings is 1. The van der Waals surface area contributed by atoms with Gasteiger partial charge in [0.1, 0.15) is 12.9 Å². The van der Waals surface area contributed by atoms with Crippen LogP contribution in [-0.4, -0.2) is 9.55 Å². The summed E-state index contributed by atoms with van der Waals surface area (Å²) >= 11 is 0. The number of hydrogen-bond acceptors (Lipinski definition) is 1. The maximum Gasteiger partial charge on any atom is 0.213 e. The van der Waals surface area contributed by atoms with Crippen LogP contribution in [0.15, 0.2) is 67.1 Å². The lowest BCUT2D eigenvalue weighted by Gasteiger charge is -2.12. The van der Waals surface area contributed by atoms with Gasteiger partial charge in [0.2, 0.25) is 5.69 Å². The fraction of sp³-hybridized carbons (Fsp3) is 0.167. The molecule has 3 nitrogen and oxygen atoms in total. The van der Waals surface area contributed by atoms with Gasteiger partial charge < -0.3 is 4.57 Å². The first-order valence-corrected chi connectivity index (χ1v) is 9.34. The molecular weight excluding hydrogens is 330 g/mol. The van der Waals surface area contributed by atoms with Crippen LogP contribution < -0.4 is 4.57 Å². The monoisotopic (exact) mass is 352 g/mol. The van der Waals surface area contributed by atoms with E-state index in [4.69, 9.17) is 0 Å². The molecule has 132 valence electrons. The van der Waals surface area contributed by atoms with Crippen LogP contribution in [-0.2, 0) is 13.5 Å². The average Bonchev–Trinajstić information content (AvgIpc) is 3.24. The van der Waals surface area contributed by atoms with Gasteiger partial charge >= 0.3 is 0 Å². The van der Waals surface area contributed by atoms with Crippen LogP contribution in [0.4, 0.5) is 0 Å². The minimum Gasteiger partial charge on any atom is -0.303 e. The highest BCUT2D eigenvalue weighted by molar-refractivity contribution is 5.74. The highest BCUT2D eigenvalue weighted by Crippen LogP contribution is 2.34. The molecule has 0 N–H and O–H groups in total. The summed E-state index contributed by atoms with van der Waals surface area (Å²) in [6.45, 7) is 4.38. The first-order chi connectivity index (χ1) is 13.1. The Bertz CT molecular complexity index is 1170. The van der Waals surface area contributed by atoms with Gasteiger partial charge in [0.25, 0.3) is 0 Å². The number of aryl methyl sites for hydroxylation is 3. The second-order valence-electron chi connectivity index (χ2n) is 7.42. The van der Waals surface area contributed by atoms with Gasteiger partial charge in [-0.05, 0) is 48.2 Å². The van der Waals surface area contributed by atoms with Crippen molar-refractivity contribution in [1.82, 2.24) is 9.55 Å².